The molecule has 1 aromatic heterocycles. The number of fused-ring (bicyclic) bond motifs is 1. The monoisotopic (exact) mass is 345 g/mol. The van der Waals surface area contributed by atoms with Gasteiger partial charge in [0.05, 0.1) is 30.5 Å². The van der Waals surface area contributed by atoms with Crippen LogP contribution < -0.4 is 0 Å². The Morgan fingerprint density at radius 1 is 1.29 bits per heavy atom. The molecular formula is C18H20ClN3O2. The van der Waals surface area contributed by atoms with E-state index in [4.69, 9.17) is 21.4 Å². The van der Waals surface area contributed by atoms with Crippen LogP contribution in [0.3, 0.4) is 0 Å². The molecule has 1 fully saturated rings. The lowest BCUT2D eigenvalue weighted by Gasteiger charge is -2.22. The van der Waals surface area contributed by atoms with Crippen molar-refractivity contribution in [3.8, 4) is 11.3 Å². The highest BCUT2D eigenvalue weighted by atomic mass is 35.5. The zero-order chi connectivity index (χ0) is 16.5. The van der Waals surface area contributed by atoms with E-state index in [0.717, 1.165) is 42.9 Å². The highest BCUT2D eigenvalue weighted by Gasteiger charge is 2.29. The second-order valence-electron chi connectivity index (χ2n) is 6.43. The van der Waals surface area contributed by atoms with Gasteiger partial charge in [0, 0.05) is 30.3 Å². The number of nitrogens with zero attached hydrogens (tertiary/aromatic N) is 3. The number of hydrogen-bond donors (Lipinski definition) is 0. The lowest BCUT2D eigenvalue weighted by molar-refractivity contribution is -0.136. The normalized spacial score (nSPS) is 20.7. The second kappa shape index (κ2) is 6.57. The summed E-state index contributed by atoms with van der Waals surface area (Å²) < 4.78 is 7.39. The van der Waals surface area contributed by atoms with Crippen LogP contribution >= 0.6 is 11.6 Å². The topological polar surface area (TPSA) is 47.4 Å². The summed E-state index contributed by atoms with van der Waals surface area (Å²) in [5.74, 6) is 0.235. The van der Waals surface area contributed by atoms with Crippen LogP contribution in [-0.4, -0.2) is 40.3 Å². The Hall–Kier alpha value is -1.85. The standard InChI is InChI=1S/C18H20ClN3O2/c19-15-4-1-3-13(9-15)17-10-16-11-21(6-2-7-22(16)20-17)18(23)14-5-8-24-12-14/h1,3-4,9-10,14H,2,5-8,11-12H2. The van der Waals surface area contributed by atoms with Crippen LogP contribution in [-0.2, 0) is 22.6 Å². The van der Waals surface area contributed by atoms with Gasteiger partial charge in [-0.25, -0.2) is 0 Å². The molecule has 0 N–H and O–H groups in total. The number of amides is 1. The average molecular weight is 346 g/mol. The molecule has 0 spiro atoms. The number of aryl methyl sites for hydroxylation is 1. The van der Waals surface area contributed by atoms with Crippen molar-refractivity contribution in [2.75, 3.05) is 19.8 Å². The van der Waals surface area contributed by atoms with Gasteiger partial charge in [-0.3, -0.25) is 9.48 Å². The van der Waals surface area contributed by atoms with Gasteiger partial charge in [0.25, 0.3) is 0 Å². The van der Waals surface area contributed by atoms with Crippen LogP contribution in [0, 0.1) is 5.92 Å². The molecule has 0 bridgehead atoms. The summed E-state index contributed by atoms with van der Waals surface area (Å²) in [4.78, 5) is 14.6. The maximum atomic E-state index is 12.7. The molecule has 0 saturated carbocycles. The zero-order valence-electron chi connectivity index (χ0n) is 13.4. The summed E-state index contributed by atoms with van der Waals surface area (Å²) in [6.45, 7) is 3.48. The quantitative estimate of drug-likeness (QED) is 0.840. The van der Waals surface area contributed by atoms with E-state index in [1.807, 2.05) is 33.8 Å². The van der Waals surface area contributed by atoms with Crippen LogP contribution in [0.5, 0.6) is 0 Å². The van der Waals surface area contributed by atoms with E-state index < -0.39 is 0 Å². The Labute approximate surface area is 146 Å². The van der Waals surface area contributed by atoms with Crippen molar-refractivity contribution in [2.24, 2.45) is 5.92 Å². The molecule has 5 nitrogen and oxygen atoms in total. The van der Waals surface area contributed by atoms with E-state index in [9.17, 15) is 4.79 Å². The molecule has 3 heterocycles. The van der Waals surface area contributed by atoms with Crippen molar-refractivity contribution in [3.63, 3.8) is 0 Å². The van der Waals surface area contributed by atoms with Gasteiger partial charge in [-0.05, 0) is 31.0 Å². The number of hydrogen-bond acceptors (Lipinski definition) is 3. The second-order valence-corrected chi connectivity index (χ2v) is 6.86. The van der Waals surface area contributed by atoms with Gasteiger partial charge in [-0.1, -0.05) is 23.7 Å². The minimum absolute atomic E-state index is 0.0203. The van der Waals surface area contributed by atoms with Crippen molar-refractivity contribution < 1.29 is 9.53 Å². The number of carbonyl (C=O) groups is 1. The van der Waals surface area contributed by atoms with Crippen molar-refractivity contribution in [1.29, 1.82) is 0 Å². The smallest absolute Gasteiger partial charge is 0.228 e. The predicted molar refractivity (Wildman–Crippen MR) is 91.6 cm³/mol. The molecule has 1 atom stereocenters. The van der Waals surface area contributed by atoms with Gasteiger partial charge in [-0.15, -0.1) is 0 Å². The number of benzene rings is 1. The number of ether oxygens (including phenoxy) is 1. The largest absolute Gasteiger partial charge is 0.381 e. The third kappa shape index (κ3) is 3.06. The summed E-state index contributed by atoms with van der Waals surface area (Å²) in [5, 5.41) is 5.41. The van der Waals surface area contributed by atoms with Crippen LogP contribution in [0.1, 0.15) is 18.5 Å². The van der Waals surface area contributed by atoms with Gasteiger partial charge < -0.3 is 9.64 Å². The Morgan fingerprint density at radius 2 is 2.21 bits per heavy atom. The predicted octanol–water partition coefficient (Wildman–Crippen LogP) is 2.97. The molecule has 2 aliphatic rings. The molecule has 1 unspecified atom stereocenters. The molecule has 0 radical (unpaired) electrons. The fraction of sp³-hybridized carbons (Fsp3) is 0.444. The van der Waals surface area contributed by atoms with Gasteiger partial charge in [0.15, 0.2) is 0 Å². The Kier molecular flexibility index (Phi) is 4.29. The Morgan fingerprint density at radius 3 is 3.00 bits per heavy atom. The summed E-state index contributed by atoms with van der Waals surface area (Å²) in [6.07, 6.45) is 1.76. The molecule has 6 heteroatoms. The zero-order valence-corrected chi connectivity index (χ0v) is 14.2. The third-order valence-corrected chi connectivity index (χ3v) is 4.96. The number of halogens is 1. The lowest BCUT2D eigenvalue weighted by atomic mass is 10.1. The van der Waals surface area contributed by atoms with Crippen molar-refractivity contribution in [2.45, 2.75) is 25.9 Å². The van der Waals surface area contributed by atoms with Gasteiger partial charge in [0.2, 0.25) is 5.91 Å². The Bertz CT molecular complexity index is 752. The van der Waals surface area contributed by atoms with Crippen LogP contribution in [0.4, 0.5) is 0 Å². The van der Waals surface area contributed by atoms with Crippen LogP contribution in [0.2, 0.25) is 5.02 Å². The third-order valence-electron chi connectivity index (χ3n) is 4.73. The SMILES string of the molecule is O=C(C1CCOC1)N1CCCn2nc(-c3cccc(Cl)c3)cc2C1. The molecule has 2 aliphatic heterocycles. The van der Waals surface area contributed by atoms with E-state index in [1.54, 1.807) is 0 Å². The first kappa shape index (κ1) is 15.7. The van der Waals surface area contributed by atoms with E-state index in [1.165, 1.54) is 0 Å². The molecule has 126 valence electrons. The highest BCUT2D eigenvalue weighted by molar-refractivity contribution is 6.30. The number of aromatic nitrogens is 2. The van der Waals surface area contributed by atoms with Crippen LogP contribution in [0.25, 0.3) is 11.3 Å². The lowest BCUT2D eigenvalue weighted by Crippen LogP contribution is -2.36. The molecule has 1 aromatic carbocycles. The van der Waals surface area contributed by atoms with Crippen molar-refractivity contribution >= 4 is 17.5 Å². The average Bonchev–Trinajstić information content (AvgIpc) is 3.20. The summed E-state index contributed by atoms with van der Waals surface area (Å²) in [5.41, 5.74) is 2.99. The summed E-state index contributed by atoms with van der Waals surface area (Å²) >= 11 is 6.09. The summed E-state index contributed by atoms with van der Waals surface area (Å²) in [7, 11) is 0. The van der Waals surface area contributed by atoms with Crippen molar-refractivity contribution in [3.05, 3.63) is 41.0 Å². The number of carbonyl (C=O) groups excluding carboxylic acids is 1. The van der Waals surface area contributed by atoms with Gasteiger partial charge in [0.1, 0.15) is 0 Å². The molecule has 24 heavy (non-hydrogen) atoms. The molecule has 1 amide bonds. The van der Waals surface area contributed by atoms with E-state index in [2.05, 4.69) is 6.07 Å². The van der Waals surface area contributed by atoms with E-state index in [0.29, 0.717) is 24.8 Å². The van der Waals surface area contributed by atoms with E-state index in [-0.39, 0.29) is 11.8 Å². The highest BCUT2D eigenvalue weighted by Crippen LogP contribution is 2.25. The molecule has 1 saturated heterocycles. The van der Waals surface area contributed by atoms with Gasteiger partial charge >= 0.3 is 0 Å². The van der Waals surface area contributed by atoms with Crippen molar-refractivity contribution in [1.82, 2.24) is 14.7 Å². The maximum Gasteiger partial charge on any atom is 0.228 e. The molecule has 0 aliphatic carbocycles. The number of rotatable bonds is 2. The van der Waals surface area contributed by atoms with E-state index >= 15 is 0 Å². The Balaban J connectivity index is 1.57. The van der Waals surface area contributed by atoms with Crippen LogP contribution in [0.15, 0.2) is 30.3 Å². The molecular weight excluding hydrogens is 326 g/mol. The minimum Gasteiger partial charge on any atom is -0.381 e. The maximum absolute atomic E-state index is 12.7. The first-order valence-corrected chi connectivity index (χ1v) is 8.78. The molecule has 2 aromatic rings. The minimum atomic E-state index is 0.0203. The molecule has 4 rings (SSSR count). The fourth-order valence-corrected chi connectivity index (χ4v) is 3.62. The first-order valence-electron chi connectivity index (χ1n) is 8.40. The first-order chi connectivity index (χ1) is 11.7. The fourth-order valence-electron chi connectivity index (χ4n) is 3.43. The van der Waals surface area contributed by atoms with Gasteiger partial charge in [-0.2, -0.15) is 5.10 Å². The summed E-state index contributed by atoms with van der Waals surface area (Å²) in [6, 6.07) is 9.78.